The Morgan fingerprint density at radius 3 is 2.41 bits per heavy atom. The number of halogens is 3. The van der Waals surface area contributed by atoms with E-state index >= 15 is 0 Å². The number of piperazine rings is 1. The fraction of sp³-hybridized carbons (Fsp3) is 0.565. The number of amides is 1. The molecule has 2 aromatic rings. The zero-order valence-electron chi connectivity index (χ0n) is 19.4. The predicted molar refractivity (Wildman–Crippen MR) is 122 cm³/mol. The summed E-state index contributed by atoms with van der Waals surface area (Å²) in [5.74, 6) is 1.24. The van der Waals surface area contributed by atoms with Crippen LogP contribution in [0.25, 0.3) is 11.3 Å². The molecule has 11 heteroatoms. The van der Waals surface area contributed by atoms with Crippen LogP contribution in [0.1, 0.15) is 39.2 Å². The van der Waals surface area contributed by atoms with Gasteiger partial charge >= 0.3 is 6.18 Å². The Morgan fingerprint density at radius 1 is 1.06 bits per heavy atom. The molecule has 182 valence electrons. The number of alkyl halides is 3. The minimum absolute atomic E-state index is 0.0155. The van der Waals surface area contributed by atoms with Crippen molar-refractivity contribution in [2.75, 3.05) is 35.2 Å². The number of pyridine rings is 1. The predicted octanol–water partition coefficient (Wildman–Crippen LogP) is 3.18. The van der Waals surface area contributed by atoms with Crippen molar-refractivity contribution in [1.29, 1.82) is 0 Å². The van der Waals surface area contributed by atoms with Crippen molar-refractivity contribution in [3.8, 4) is 11.3 Å². The van der Waals surface area contributed by atoms with E-state index in [1.165, 1.54) is 6.20 Å². The monoisotopic (exact) mass is 475 g/mol. The van der Waals surface area contributed by atoms with Crippen LogP contribution in [0.5, 0.6) is 0 Å². The van der Waals surface area contributed by atoms with Gasteiger partial charge in [0.05, 0.1) is 11.3 Å². The highest BCUT2D eigenvalue weighted by Gasteiger charge is 2.44. The second-order valence-electron chi connectivity index (χ2n) is 9.73. The molecule has 2 atom stereocenters. The molecule has 3 saturated heterocycles. The van der Waals surface area contributed by atoms with E-state index in [0.29, 0.717) is 42.5 Å². The van der Waals surface area contributed by atoms with Crippen molar-refractivity contribution in [3.63, 3.8) is 0 Å². The van der Waals surface area contributed by atoms with E-state index in [1.807, 2.05) is 18.7 Å². The highest BCUT2D eigenvalue weighted by molar-refractivity contribution is 5.74. The molecule has 0 unspecified atom stereocenters. The summed E-state index contributed by atoms with van der Waals surface area (Å²) in [5, 5.41) is 0. The van der Waals surface area contributed by atoms with Crippen molar-refractivity contribution in [2.24, 2.45) is 5.92 Å². The number of carbonyl (C=O) groups excluding carboxylic acids is 1. The van der Waals surface area contributed by atoms with Crippen LogP contribution in [0.4, 0.5) is 30.8 Å². The molecule has 2 bridgehead atoms. The highest BCUT2D eigenvalue weighted by Crippen LogP contribution is 2.43. The molecular formula is C23H28F3N7O. The molecular weight excluding hydrogens is 447 g/mol. The van der Waals surface area contributed by atoms with Gasteiger partial charge in [0.25, 0.3) is 0 Å². The first kappa shape index (κ1) is 22.7. The number of fused-ring (bicyclic) bond motifs is 1. The van der Waals surface area contributed by atoms with E-state index in [4.69, 9.17) is 10.7 Å². The summed E-state index contributed by atoms with van der Waals surface area (Å²) in [6, 6.07) is 3.05. The molecule has 0 spiro atoms. The molecule has 8 nitrogen and oxygen atoms in total. The first-order chi connectivity index (χ1) is 16.0. The maximum absolute atomic E-state index is 13.5. The Morgan fingerprint density at radius 2 is 1.79 bits per heavy atom. The summed E-state index contributed by atoms with van der Waals surface area (Å²) in [4.78, 5) is 31.4. The van der Waals surface area contributed by atoms with Crippen molar-refractivity contribution in [3.05, 3.63) is 23.9 Å². The van der Waals surface area contributed by atoms with Gasteiger partial charge in [-0.1, -0.05) is 0 Å². The molecule has 3 aliphatic heterocycles. The lowest BCUT2D eigenvalue weighted by Crippen LogP contribution is -2.58. The minimum atomic E-state index is -4.62. The standard InChI is InChI=1S/C23H28F3N7O/c1-12-10-32(13(2)9-31(12)14(3)34)20-7-19(16-6-18(23(24,25)26)21(27)28-8-16)29-22(30-20)33-11-15-4-17(33)5-15/h6-8,12-13,15,17H,4-5,9-11H2,1-3H3,(H2,27,28)/t12-,13-,15?,17?/m0/s1. The van der Waals surface area contributed by atoms with Crippen LogP contribution < -0.4 is 15.5 Å². The van der Waals surface area contributed by atoms with Crippen LogP contribution in [0, 0.1) is 5.92 Å². The number of nitrogen functional groups attached to an aromatic ring is 1. The van der Waals surface area contributed by atoms with Crippen molar-refractivity contribution in [2.45, 2.75) is 57.9 Å². The third-order valence-corrected chi connectivity index (χ3v) is 7.27. The Bertz CT molecular complexity index is 1120. The fourth-order valence-electron chi connectivity index (χ4n) is 5.35. The molecule has 0 radical (unpaired) electrons. The second-order valence-corrected chi connectivity index (χ2v) is 9.73. The molecule has 0 aromatic carbocycles. The number of hydrogen-bond donors (Lipinski definition) is 1. The first-order valence-electron chi connectivity index (χ1n) is 11.5. The number of carbonyl (C=O) groups is 1. The smallest absolute Gasteiger partial charge is 0.383 e. The Balaban J connectivity index is 1.57. The van der Waals surface area contributed by atoms with E-state index < -0.39 is 17.6 Å². The SMILES string of the molecule is CC(=O)N1C[C@H](C)N(c2cc(-c3cnc(N)c(C(F)(F)F)c3)nc(N3CC4CC3C4)n2)C[C@@H]1C. The van der Waals surface area contributed by atoms with Gasteiger partial charge in [-0.15, -0.1) is 0 Å². The first-order valence-corrected chi connectivity index (χ1v) is 11.5. The maximum atomic E-state index is 13.5. The molecule has 1 amide bonds. The molecule has 1 aliphatic carbocycles. The average molecular weight is 476 g/mol. The van der Waals surface area contributed by atoms with E-state index in [0.717, 1.165) is 25.5 Å². The number of nitrogens with zero attached hydrogens (tertiary/aromatic N) is 6. The van der Waals surface area contributed by atoms with Gasteiger partial charge in [-0.05, 0) is 38.7 Å². The summed E-state index contributed by atoms with van der Waals surface area (Å²) in [5.41, 5.74) is 5.14. The van der Waals surface area contributed by atoms with Crippen LogP contribution in [0.2, 0.25) is 0 Å². The highest BCUT2D eigenvalue weighted by atomic mass is 19.4. The van der Waals surface area contributed by atoms with Crippen LogP contribution in [-0.2, 0) is 11.0 Å². The van der Waals surface area contributed by atoms with Gasteiger partial charge in [-0.2, -0.15) is 18.2 Å². The Hall–Kier alpha value is -3.11. The Labute approximate surface area is 196 Å². The minimum Gasteiger partial charge on any atom is -0.383 e. The topological polar surface area (TPSA) is 91.5 Å². The van der Waals surface area contributed by atoms with Gasteiger partial charge in [0.15, 0.2) is 0 Å². The zero-order chi connectivity index (χ0) is 24.4. The van der Waals surface area contributed by atoms with Gasteiger partial charge in [0, 0.05) is 62.5 Å². The van der Waals surface area contributed by atoms with E-state index in [2.05, 4.69) is 19.8 Å². The van der Waals surface area contributed by atoms with Gasteiger partial charge in [-0.25, -0.2) is 9.97 Å². The van der Waals surface area contributed by atoms with Crippen LogP contribution in [-0.4, -0.2) is 63.5 Å². The molecule has 1 saturated carbocycles. The average Bonchev–Trinajstić information content (AvgIpc) is 3.35. The van der Waals surface area contributed by atoms with E-state index in [1.54, 1.807) is 13.0 Å². The molecule has 5 heterocycles. The molecule has 2 N–H and O–H groups in total. The van der Waals surface area contributed by atoms with Gasteiger partial charge in [0.1, 0.15) is 11.6 Å². The Kier molecular flexibility index (Phi) is 5.33. The molecule has 4 aliphatic rings. The van der Waals surface area contributed by atoms with Gasteiger partial charge < -0.3 is 20.4 Å². The lowest BCUT2D eigenvalue weighted by Gasteiger charge is -2.44. The van der Waals surface area contributed by atoms with Gasteiger partial charge in [-0.3, -0.25) is 4.79 Å². The third kappa shape index (κ3) is 3.90. The maximum Gasteiger partial charge on any atom is 0.419 e. The molecule has 2 aromatic heterocycles. The zero-order valence-corrected chi connectivity index (χ0v) is 19.4. The molecule has 34 heavy (non-hydrogen) atoms. The molecule has 6 rings (SSSR count). The number of hydrogen-bond acceptors (Lipinski definition) is 7. The summed E-state index contributed by atoms with van der Waals surface area (Å²) >= 11 is 0. The largest absolute Gasteiger partial charge is 0.419 e. The quantitative estimate of drug-likeness (QED) is 0.729. The summed E-state index contributed by atoms with van der Waals surface area (Å²) < 4.78 is 40.5. The van der Waals surface area contributed by atoms with Crippen LogP contribution in [0.3, 0.4) is 0 Å². The second kappa shape index (κ2) is 7.99. The lowest BCUT2D eigenvalue weighted by atomic mass is 9.86. The van der Waals surface area contributed by atoms with Crippen molar-refractivity contribution in [1.82, 2.24) is 19.9 Å². The summed E-state index contributed by atoms with van der Waals surface area (Å²) in [6.07, 6.45) is -1.11. The van der Waals surface area contributed by atoms with Crippen LogP contribution in [0.15, 0.2) is 18.3 Å². The fourth-order valence-corrected chi connectivity index (χ4v) is 5.35. The number of aromatic nitrogens is 3. The molecule has 4 fully saturated rings. The van der Waals surface area contributed by atoms with E-state index in [-0.39, 0.29) is 23.6 Å². The number of rotatable bonds is 3. The van der Waals surface area contributed by atoms with Gasteiger partial charge in [0.2, 0.25) is 11.9 Å². The lowest BCUT2D eigenvalue weighted by molar-refractivity contribution is -0.137. The number of nitrogens with two attached hydrogens (primary N) is 1. The van der Waals surface area contributed by atoms with E-state index in [9.17, 15) is 18.0 Å². The van der Waals surface area contributed by atoms with Crippen LogP contribution >= 0.6 is 0 Å². The third-order valence-electron chi connectivity index (χ3n) is 7.27. The summed E-state index contributed by atoms with van der Waals surface area (Å²) in [7, 11) is 0. The normalized spacial score (nSPS) is 26.6. The van der Waals surface area contributed by atoms with Crippen molar-refractivity contribution >= 4 is 23.5 Å². The number of anilines is 3. The van der Waals surface area contributed by atoms with Crippen molar-refractivity contribution < 1.29 is 18.0 Å². The summed E-state index contributed by atoms with van der Waals surface area (Å²) in [6.45, 7) is 7.52.